The molecule has 0 spiro atoms. The lowest BCUT2D eigenvalue weighted by molar-refractivity contribution is -0.118. The second-order valence-electron chi connectivity index (χ2n) is 4.63. The summed E-state index contributed by atoms with van der Waals surface area (Å²) >= 11 is 0. The van der Waals surface area contributed by atoms with Crippen molar-refractivity contribution in [2.75, 3.05) is 29.0 Å². The molecule has 0 aliphatic carbocycles. The molecule has 5 N–H and O–H groups in total. The predicted molar refractivity (Wildman–Crippen MR) is 72.6 cm³/mol. The van der Waals surface area contributed by atoms with Gasteiger partial charge in [-0.25, -0.2) is 0 Å². The molecule has 1 atom stereocenters. The first kappa shape index (κ1) is 13.3. The van der Waals surface area contributed by atoms with E-state index in [1.54, 1.807) is 6.92 Å². The van der Waals surface area contributed by atoms with Gasteiger partial charge in [-0.05, 0) is 26.2 Å². The predicted octanol–water partition coefficient (Wildman–Crippen LogP) is -0.270. The van der Waals surface area contributed by atoms with E-state index in [1.165, 1.54) is 6.42 Å². The fourth-order valence-corrected chi connectivity index (χ4v) is 1.95. The highest BCUT2D eigenvalue weighted by Gasteiger charge is 2.17. The van der Waals surface area contributed by atoms with Crippen LogP contribution in [0.3, 0.4) is 0 Å². The Hall–Kier alpha value is -2.12. The van der Waals surface area contributed by atoms with Crippen molar-refractivity contribution in [1.29, 1.82) is 0 Å². The second kappa shape index (κ2) is 5.68. The maximum atomic E-state index is 11.0. The van der Waals surface area contributed by atoms with Crippen LogP contribution < -0.4 is 21.7 Å². The summed E-state index contributed by atoms with van der Waals surface area (Å²) in [7, 11) is 0. The molecule has 8 heteroatoms. The molecule has 1 amide bonds. The summed E-state index contributed by atoms with van der Waals surface area (Å²) in [5.41, 5.74) is 10.9. The van der Waals surface area contributed by atoms with Crippen molar-refractivity contribution in [3.8, 4) is 0 Å². The summed E-state index contributed by atoms with van der Waals surface area (Å²) in [5.74, 6) is 0.485. The van der Waals surface area contributed by atoms with Gasteiger partial charge in [-0.1, -0.05) is 0 Å². The minimum Gasteiger partial charge on any atom is -0.368 e. The molecule has 2 heterocycles. The van der Waals surface area contributed by atoms with Crippen molar-refractivity contribution in [1.82, 2.24) is 15.0 Å². The summed E-state index contributed by atoms with van der Waals surface area (Å²) in [4.78, 5) is 25.5. The minimum absolute atomic E-state index is 0.134. The maximum absolute atomic E-state index is 11.0. The number of nitrogen functional groups attached to an aromatic ring is 1. The van der Waals surface area contributed by atoms with E-state index < -0.39 is 11.9 Å². The zero-order valence-corrected chi connectivity index (χ0v) is 11.0. The van der Waals surface area contributed by atoms with Gasteiger partial charge in [0.25, 0.3) is 0 Å². The summed E-state index contributed by atoms with van der Waals surface area (Å²) in [6.07, 6.45) is 3.46. The monoisotopic (exact) mass is 265 g/mol. The number of nitrogens with one attached hydrogen (secondary N) is 1. The van der Waals surface area contributed by atoms with E-state index in [0.29, 0.717) is 5.95 Å². The third kappa shape index (κ3) is 3.43. The Morgan fingerprint density at radius 1 is 1.26 bits per heavy atom. The highest BCUT2D eigenvalue weighted by atomic mass is 16.1. The first-order valence-corrected chi connectivity index (χ1v) is 6.38. The molecule has 0 aromatic carbocycles. The molecule has 1 fully saturated rings. The summed E-state index contributed by atoms with van der Waals surface area (Å²) < 4.78 is 0. The highest BCUT2D eigenvalue weighted by Crippen LogP contribution is 2.17. The number of anilines is 3. The van der Waals surface area contributed by atoms with Crippen LogP contribution in [0.5, 0.6) is 0 Å². The second-order valence-corrected chi connectivity index (χ2v) is 4.63. The van der Waals surface area contributed by atoms with Crippen LogP contribution in [-0.4, -0.2) is 40.0 Å². The van der Waals surface area contributed by atoms with Gasteiger partial charge in [0.05, 0.1) is 0 Å². The largest absolute Gasteiger partial charge is 0.368 e. The molecule has 1 aliphatic heterocycles. The van der Waals surface area contributed by atoms with Crippen molar-refractivity contribution in [2.45, 2.75) is 32.2 Å². The number of hydrogen-bond acceptors (Lipinski definition) is 7. The van der Waals surface area contributed by atoms with Gasteiger partial charge in [-0.2, -0.15) is 15.0 Å². The quantitative estimate of drug-likeness (QED) is 0.684. The number of hydrogen-bond donors (Lipinski definition) is 3. The molecule has 0 radical (unpaired) electrons. The normalized spacial score (nSPS) is 17.0. The Kier molecular flexibility index (Phi) is 3.98. The standard InChI is InChI=1S/C11H19N7O/c1-7(8(12)19)14-10-15-9(13)16-11(17-10)18-5-3-2-4-6-18/h7H,2-6H2,1H3,(H2,12,19)(H3,13,14,15,16,17). The average Bonchev–Trinajstić information content (AvgIpc) is 2.39. The van der Waals surface area contributed by atoms with Gasteiger partial charge in [0, 0.05) is 13.1 Å². The lowest BCUT2D eigenvalue weighted by Gasteiger charge is -2.26. The number of aromatic nitrogens is 3. The number of carbonyl (C=O) groups excluding carboxylic acids is 1. The smallest absolute Gasteiger partial charge is 0.239 e. The fourth-order valence-electron chi connectivity index (χ4n) is 1.95. The molecular formula is C11H19N7O. The van der Waals surface area contributed by atoms with E-state index in [2.05, 4.69) is 25.2 Å². The van der Waals surface area contributed by atoms with Crippen LogP contribution in [0, 0.1) is 0 Å². The minimum atomic E-state index is -0.559. The first-order valence-electron chi connectivity index (χ1n) is 6.38. The van der Waals surface area contributed by atoms with E-state index in [-0.39, 0.29) is 11.9 Å². The van der Waals surface area contributed by atoms with Crippen LogP contribution in [0.25, 0.3) is 0 Å². The first-order chi connectivity index (χ1) is 9.06. The third-order valence-corrected chi connectivity index (χ3v) is 3.05. The van der Waals surface area contributed by atoms with Crippen molar-refractivity contribution < 1.29 is 4.79 Å². The zero-order valence-electron chi connectivity index (χ0n) is 11.0. The molecule has 1 unspecified atom stereocenters. The molecule has 8 nitrogen and oxygen atoms in total. The highest BCUT2D eigenvalue weighted by molar-refractivity contribution is 5.81. The number of rotatable bonds is 4. The molecule has 1 aliphatic rings. The molecular weight excluding hydrogens is 246 g/mol. The number of primary amides is 1. The number of amides is 1. The lowest BCUT2D eigenvalue weighted by Crippen LogP contribution is -2.34. The van der Waals surface area contributed by atoms with E-state index in [0.717, 1.165) is 25.9 Å². The summed E-state index contributed by atoms with van der Waals surface area (Å²) in [6.45, 7) is 3.46. The molecule has 0 saturated carbocycles. The van der Waals surface area contributed by atoms with Crippen LogP contribution in [0.15, 0.2) is 0 Å². The van der Waals surface area contributed by atoms with E-state index in [9.17, 15) is 4.79 Å². The Balaban J connectivity index is 2.16. The van der Waals surface area contributed by atoms with Gasteiger partial charge < -0.3 is 21.7 Å². The SMILES string of the molecule is CC(Nc1nc(N)nc(N2CCCCC2)n1)C(N)=O. The maximum Gasteiger partial charge on any atom is 0.239 e. The van der Waals surface area contributed by atoms with Crippen molar-refractivity contribution in [3.05, 3.63) is 0 Å². The van der Waals surface area contributed by atoms with Gasteiger partial charge in [0.2, 0.25) is 23.8 Å². The Bertz CT molecular complexity index is 458. The Morgan fingerprint density at radius 2 is 1.95 bits per heavy atom. The molecule has 0 bridgehead atoms. The van der Waals surface area contributed by atoms with Crippen molar-refractivity contribution in [2.24, 2.45) is 5.73 Å². The summed E-state index contributed by atoms with van der Waals surface area (Å²) in [5, 5.41) is 2.82. The van der Waals surface area contributed by atoms with Crippen molar-refractivity contribution in [3.63, 3.8) is 0 Å². The third-order valence-electron chi connectivity index (χ3n) is 3.05. The Morgan fingerprint density at radius 3 is 2.58 bits per heavy atom. The molecule has 1 aromatic heterocycles. The molecule has 1 aromatic rings. The summed E-state index contributed by atoms with van der Waals surface area (Å²) in [6, 6.07) is -0.559. The van der Waals surface area contributed by atoms with Crippen LogP contribution in [0.1, 0.15) is 26.2 Å². The van der Waals surface area contributed by atoms with Gasteiger partial charge in [-0.3, -0.25) is 4.79 Å². The van der Waals surface area contributed by atoms with Crippen LogP contribution in [0.4, 0.5) is 17.8 Å². The number of piperidine rings is 1. The lowest BCUT2D eigenvalue weighted by atomic mass is 10.1. The van der Waals surface area contributed by atoms with E-state index in [4.69, 9.17) is 11.5 Å². The van der Waals surface area contributed by atoms with Crippen LogP contribution in [0.2, 0.25) is 0 Å². The van der Waals surface area contributed by atoms with E-state index >= 15 is 0 Å². The number of nitrogens with zero attached hydrogens (tertiary/aromatic N) is 4. The number of nitrogens with two attached hydrogens (primary N) is 2. The molecule has 104 valence electrons. The van der Waals surface area contributed by atoms with Crippen LogP contribution >= 0.6 is 0 Å². The van der Waals surface area contributed by atoms with Gasteiger partial charge >= 0.3 is 0 Å². The van der Waals surface area contributed by atoms with Crippen molar-refractivity contribution >= 4 is 23.8 Å². The van der Waals surface area contributed by atoms with Crippen LogP contribution in [-0.2, 0) is 4.79 Å². The Labute approximate surface area is 111 Å². The fraction of sp³-hybridized carbons (Fsp3) is 0.636. The topological polar surface area (TPSA) is 123 Å². The van der Waals surface area contributed by atoms with Gasteiger partial charge in [-0.15, -0.1) is 0 Å². The average molecular weight is 265 g/mol. The van der Waals surface area contributed by atoms with Gasteiger partial charge in [0.1, 0.15) is 6.04 Å². The van der Waals surface area contributed by atoms with Gasteiger partial charge in [0.15, 0.2) is 0 Å². The zero-order chi connectivity index (χ0) is 13.8. The van der Waals surface area contributed by atoms with E-state index in [1.807, 2.05) is 0 Å². The molecule has 2 rings (SSSR count). The molecule has 19 heavy (non-hydrogen) atoms. The number of carbonyl (C=O) groups is 1. The molecule has 1 saturated heterocycles.